The highest BCUT2D eigenvalue weighted by molar-refractivity contribution is 6.22. The summed E-state index contributed by atoms with van der Waals surface area (Å²) in [5.41, 5.74) is 1.01. The topological polar surface area (TPSA) is 54.5 Å². The minimum absolute atomic E-state index is 0.0787. The maximum atomic E-state index is 12.4. The van der Waals surface area contributed by atoms with E-state index in [2.05, 4.69) is 0 Å². The standard InChI is InChI=1S/C16H15NO3/c1-10(18)11-5-4-6-12(9-11)17-15(19)13-7-2-3-8-14(13)16(17)20/h2-6,9,13-14H,7-8H2,1H3/t13-,14+. The van der Waals surface area contributed by atoms with E-state index in [-0.39, 0.29) is 29.4 Å². The third-order valence-electron chi connectivity index (χ3n) is 4.02. The predicted molar refractivity (Wildman–Crippen MR) is 74.3 cm³/mol. The van der Waals surface area contributed by atoms with Gasteiger partial charge in [0.25, 0.3) is 0 Å². The number of imide groups is 1. The van der Waals surface area contributed by atoms with Crippen LogP contribution < -0.4 is 4.90 Å². The lowest BCUT2D eigenvalue weighted by atomic mass is 9.85. The summed E-state index contributed by atoms with van der Waals surface area (Å²) < 4.78 is 0. The number of anilines is 1. The Morgan fingerprint density at radius 2 is 1.70 bits per heavy atom. The lowest BCUT2D eigenvalue weighted by molar-refractivity contribution is -0.122. The Morgan fingerprint density at radius 1 is 1.10 bits per heavy atom. The van der Waals surface area contributed by atoms with Crippen LogP contribution in [0.4, 0.5) is 5.69 Å². The maximum Gasteiger partial charge on any atom is 0.238 e. The van der Waals surface area contributed by atoms with E-state index in [1.165, 1.54) is 11.8 Å². The van der Waals surface area contributed by atoms with Gasteiger partial charge in [0.1, 0.15) is 0 Å². The van der Waals surface area contributed by atoms with Gasteiger partial charge in [-0.2, -0.15) is 0 Å². The van der Waals surface area contributed by atoms with Gasteiger partial charge >= 0.3 is 0 Å². The third kappa shape index (κ3) is 1.88. The molecule has 4 heteroatoms. The van der Waals surface area contributed by atoms with Crippen LogP contribution in [0, 0.1) is 11.8 Å². The number of fused-ring (bicyclic) bond motifs is 1. The van der Waals surface area contributed by atoms with Gasteiger partial charge in [0, 0.05) is 5.56 Å². The molecule has 0 N–H and O–H groups in total. The van der Waals surface area contributed by atoms with Crippen molar-refractivity contribution in [2.45, 2.75) is 19.8 Å². The van der Waals surface area contributed by atoms with E-state index in [1.807, 2.05) is 12.2 Å². The molecule has 0 aromatic heterocycles. The second-order valence-corrected chi connectivity index (χ2v) is 5.27. The van der Waals surface area contributed by atoms with Gasteiger partial charge in [-0.1, -0.05) is 24.3 Å². The highest BCUT2D eigenvalue weighted by Gasteiger charge is 2.47. The minimum Gasteiger partial charge on any atom is -0.295 e. The summed E-state index contributed by atoms with van der Waals surface area (Å²) in [6.07, 6.45) is 5.17. The monoisotopic (exact) mass is 269 g/mol. The Kier molecular flexibility index (Phi) is 3.01. The van der Waals surface area contributed by atoms with E-state index in [1.54, 1.807) is 24.3 Å². The van der Waals surface area contributed by atoms with E-state index < -0.39 is 0 Å². The first kappa shape index (κ1) is 12.8. The van der Waals surface area contributed by atoms with Gasteiger partial charge in [-0.25, -0.2) is 0 Å². The van der Waals surface area contributed by atoms with Crippen molar-refractivity contribution in [3.8, 4) is 0 Å². The molecule has 0 saturated carbocycles. The molecule has 1 aliphatic carbocycles. The van der Waals surface area contributed by atoms with Gasteiger partial charge < -0.3 is 0 Å². The molecule has 0 radical (unpaired) electrons. The van der Waals surface area contributed by atoms with Crippen molar-refractivity contribution in [1.29, 1.82) is 0 Å². The molecule has 0 bridgehead atoms. The first-order valence-corrected chi connectivity index (χ1v) is 6.73. The first-order valence-electron chi connectivity index (χ1n) is 6.73. The number of ketones is 1. The van der Waals surface area contributed by atoms with E-state index in [0.717, 1.165) is 0 Å². The van der Waals surface area contributed by atoms with Crippen molar-refractivity contribution < 1.29 is 14.4 Å². The van der Waals surface area contributed by atoms with Crippen LogP contribution >= 0.6 is 0 Å². The number of amides is 2. The van der Waals surface area contributed by atoms with E-state index in [9.17, 15) is 14.4 Å². The number of carbonyl (C=O) groups excluding carboxylic acids is 3. The molecule has 20 heavy (non-hydrogen) atoms. The van der Waals surface area contributed by atoms with Crippen molar-refractivity contribution >= 4 is 23.3 Å². The molecule has 2 aliphatic rings. The first-order chi connectivity index (χ1) is 9.59. The Balaban J connectivity index is 1.98. The predicted octanol–water partition coefficient (Wildman–Crippen LogP) is 2.34. The van der Waals surface area contributed by atoms with Crippen LogP contribution in [0.3, 0.4) is 0 Å². The molecular formula is C16H15NO3. The molecule has 4 nitrogen and oxygen atoms in total. The van der Waals surface area contributed by atoms with E-state index in [4.69, 9.17) is 0 Å². The zero-order chi connectivity index (χ0) is 14.3. The summed E-state index contributed by atoms with van der Waals surface area (Å²) >= 11 is 0. The number of benzene rings is 1. The van der Waals surface area contributed by atoms with Crippen LogP contribution in [0.15, 0.2) is 36.4 Å². The van der Waals surface area contributed by atoms with E-state index in [0.29, 0.717) is 24.1 Å². The average Bonchev–Trinajstić information content (AvgIpc) is 2.72. The van der Waals surface area contributed by atoms with Crippen molar-refractivity contribution in [2.75, 3.05) is 4.90 Å². The summed E-state index contributed by atoms with van der Waals surface area (Å²) in [4.78, 5) is 37.5. The molecule has 3 rings (SSSR count). The van der Waals surface area contributed by atoms with Crippen LogP contribution in [0.5, 0.6) is 0 Å². The molecule has 2 amide bonds. The zero-order valence-electron chi connectivity index (χ0n) is 11.2. The molecule has 1 saturated heterocycles. The van der Waals surface area contributed by atoms with Crippen molar-refractivity contribution in [3.63, 3.8) is 0 Å². The SMILES string of the molecule is CC(=O)c1cccc(N2C(=O)[C@H]3CC=CC[C@H]3C2=O)c1. The Bertz CT molecular complexity index is 606. The van der Waals surface area contributed by atoms with Crippen molar-refractivity contribution in [2.24, 2.45) is 11.8 Å². The highest BCUT2D eigenvalue weighted by Crippen LogP contribution is 2.37. The number of Topliss-reactive ketones (excluding diaryl/α,β-unsaturated/α-hetero) is 1. The minimum atomic E-state index is -0.242. The third-order valence-corrected chi connectivity index (χ3v) is 4.02. The molecule has 2 atom stereocenters. The summed E-state index contributed by atoms with van der Waals surface area (Å²) in [6.45, 7) is 1.47. The fourth-order valence-electron chi connectivity index (χ4n) is 2.92. The van der Waals surface area contributed by atoms with Gasteiger partial charge in [-0.05, 0) is 31.9 Å². The quantitative estimate of drug-likeness (QED) is 0.470. The lowest BCUT2D eigenvalue weighted by Crippen LogP contribution is -2.31. The lowest BCUT2D eigenvalue weighted by Gasteiger charge is -2.15. The normalized spacial score (nSPS) is 24.9. The molecule has 0 spiro atoms. The van der Waals surface area contributed by atoms with Gasteiger partial charge in [-0.15, -0.1) is 0 Å². The highest BCUT2D eigenvalue weighted by atomic mass is 16.2. The molecule has 0 unspecified atom stereocenters. The largest absolute Gasteiger partial charge is 0.295 e. The molecule has 1 fully saturated rings. The second kappa shape index (κ2) is 4.71. The smallest absolute Gasteiger partial charge is 0.238 e. The molecule has 102 valence electrons. The molecule has 1 heterocycles. The molecule has 1 aliphatic heterocycles. The number of hydrogen-bond acceptors (Lipinski definition) is 3. The van der Waals surface area contributed by atoms with Gasteiger partial charge in [0.2, 0.25) is 11.8 Å². The van der Waals surface area contributed by atoms with Crippen molar-refractivity contribution in [3.05, 3.63) is 42.0 Å². The Morgan fingerprint density at radius 3 is 2.25 bits per heavy atom. The van der Waals surface area contributed by atoms with Gasteiger partial charge in [-0.3, -0.25) is 19.3 Å². The van der Waals surface area contributed by atoms with Crippen LogP contribution in [-0.2, 0) is 9.59 Å². The fraction of sp³-hybridized carbons (Fsp3) is 0.312. The summed E-state index contributed by atoms with van der Waals surface area (Å²) in [5, 5.41) is 0. The summed E-state index contributed by atoms with van der Waals surface area (Å²) in [5.74, 6) is -0.859. The Labute approximate surface area is 117 Å². The Hall–Kier alpha value is -2.23. The summed E-state index contributed by atoms with van der Waals surface area (Å²) in [7, 11) is 0. The number of carbonyl (C=O) groups is 3. The van der Waals surface area contributed by atoms with Crippen LogP contribution in [0.25, 0.3) is 0 Å². The molecule has 1 aromatic rings. The van der Waals surface area contributed by atoms with Crippen LogP contribution in [-0.4, -0.2) is 17.6 Å². The fourth-order valence-corrected chi connectivity index (χ4v) is 2.92. The van der Waals surface area contributed by atoms with E-state index >= 15 is 0 Å². The number of nitrogens with zero attached hydrogens (tertiary/aromatic N) is 1. The van der Waals surface area contributed by atoms with Crippen LogP contribution in [0.2, 0.25) is 0 Å². The number of rotatable bonds is 2. The van der Waals surface area contributed by atoms with Gasteiger partial charge in [0.15, 0.2) is 5.78 Å². The molecular weight excluding hydrogens is 254 g/mol. The number of hydrogen-bond donors (Lipinski definition) is 0. The zero-order valence-corrected chi connectivity index (χ0v) is 11.2. The van der Waals surface area contributed by atoms with Crippen LogP contribution in [0.1, 0.15) is 30.1 Å². The summed E-state index contributed by atoms with van der Waals surface area (Å²) in [6, 6.07) is 6.70. The second-order valence-electron chi connectivity index (χ2n) is 5.27. The molecule has 1 aromatic carbocycles. The van der Waals surface area contributed by atoms with Gasteiger partial charge in [0.05, 0.1) is 17.5 Å². The average molecular weight is 269 g/mol. The van der Waals surface area contributed by atoms with Crippen molar-refractivity contribution in [1.82, 2.24) is 0 Å². The number of allylic oxidation sites excluding steroid dienone is 2. The maximum absolute atomic E-state index is 12.4.